The van der Waals surface area contributed by atoms with E-state index in [1.165, 1.54) is 38.5 Å². The second kappa shape index (κ2) is 6.58. The smallest absolute Gasteiger partial charge is 0.242 e. The van der Waals surface area contributed by atoms with Crippen LogP contribution in [-0.2, 0) is 10.0 Å². The molecule has 0 aliphatic heterocycles. The Labute approximate surface area is 177 Å². The van der Waals surface area contributed by atoms with Gasteiger partial charge in [-0.15, -0.1) is 10.2 Å². The molecule has 1 N–H and O–H groups in total. The van der Waals surface area contributed by atoms with E-state index in [2.05, 4.69) is 14.9 Å². The third-order valence-electron chi connectivity index (χ3n) is 7.88. The number of fused-ring (bicyclic) bond motifs is 1. The van der Waals surface area contributed by atoms with Crippen LogP contribution in [0.5, 0.6) is 5.75 Å². The van der Waals surface area contributed by atoms with E-state index in [1.807, 2.05) is 12.3 Å². The summed E-state index contributed by atoms with van der Waals surface area (Å²) in [6, 6.07) is 1.92. The van der Waals surface area contributed by atoms with Gasteiger partial charge in [-0.05, 0) is 86.9 Å². The highest BCUT2D eigenvalue weighted by molar-refractivity contribution is 7.92. The molecular weight excluding hydrogens is 400 g/mol. The van der Waals surface area contributed by atoms with Gasteiger partial charge in [0.15, 0.2) is 5.65 Å². The summed E-state index contributed by atoms with van der Waals surface area (Å²) in [7, 11) is -3.41. The number of ether oxygens (including phenoxy) is 1. The van der Waals surface area contributed by atoms with Crippen LogP contribution in [0.1, 0.15) is 69.3 Å². The van der Waals surface area contributed by atoms with Gasteiger partial charge in [-0.2, -0.15) is 0 Å². The van der Waals surface area contributed by atoms with Gasteiger partial charge < -0.3 is 4.74 Å². The molecule has 0 amide bonds. The number of anilines is 1. The Balaban J connectivity index is 1.22. The molecule has 5 aliphatic carbocycles. The van der Waals surface area contributed by atoms with Gasteiger partial charge in [-0.25, -0.2) is 8.42 Å². The summed E-state index contributed by atoms with van der Waals surface area (Å²) < 4.78 is 33.8. The Kier molecular flexibility index (Phi) is 4.15. The lowest BCUT2D eigenvalue weighted by Crippen LogP contribution is -2.46. The minimum atomic E-state index is -3.41. The Morgan fingerprint density at radius 2 is 1.80 bits per heavy atom. The van der Waals surface area contributed by atoms with Gasteiger partial charge in [-0.3, -0.25) is 9.12 Å². The molecule has 0 radical (unpaired) electrons. The number of sulfonamides is 1. The Bertz CT molecular complexity index is 1050. The van der Waals surface area contributed by atoms with E-state index >= 15 is 0 Å². The minimum absolute atomic E-state index is 0.231. The summed E-state index contributed by atoms with van der Waals surface area (Å²) in [6.45, 7) is 0.755. The topological polar surface area (TPSA) is 85.6 Å². The van der Waals surface area contributed by atoms with Crippen LogP contribution in [0.4, 0.5) is 5.95 Å². The molecule has 7 nitrogen and oxygen atoms in total. The molecule has 0 spiro atoms. The number of hydrogen-bond acceptors (Lipinski definition) is 5. The van der Waals surface area contributed by atoms with Gasteiger partial charge >= 0.3 is 0 Å². The molecule has 8 heteroatoms. The molecule has 0 unspecified atom stereocenters. The monoisotopic (exact) mass is 430 g/mol. The van der Waals surface area contributed by atoms with Crippen molar-refractivity contribution < 1.29 is 13.2 Å². The molecule has 5 fully saturated rings. The van der Waals surface area contributed by atoms with Crippen LogP contribution in [0, 0.1) is 23.2 Å². The minimum Gasteiger partial charge on any atom is -0.493 e. The van der Waals surface area contributed by atoms with Crippen molar-refractivity contribution in [1.82, 2.24) is 14.6 Å². The predicted molar refractivity (Wildman–Crippen MR) is 114 cm³/mol. The molecule has 5 saturated carbocycles. The molecule has 7 rings (SSSR count). The molecule has 2 aromatic rings. The van der Waals surface area contributed by atoms with Crippen molar-refractivity contribution in [3.63, 3.8) is 0 Å². The van der Waals surface area contributed by atoms with E-state index in [1.54, 1.807) is 4.40 Å². The zero-order chi connectivity index (χ0) is 20.5. The predicted octanol–water partition coefficient (Wildman–Crippen LogP) is 3.96. The maximum absolute atomic E-state index is 11.6. The lowest BCUT2D eigenvalue weighted by Gasteiger charge is -2.57. The fourth-order valence-electron chi connectivity index (χ4n) is 6.97. The van der Waals surface area contributed by atoms with Gasteiger partial charge in [0.1, 0.15) is 5.75 Å². The summed E-state index contributed by atoms with van der Waals surface area (Å²) in [5.41, 5.74) is 2.26. The first-order valence-corrected chi connectivity index (χ1v) is 13.2. The van der Waals surface area contributed by atoms with E-state index in [-0.39, 0.29) is 5.95 Å². The average Bonchev–Trinajstić information content (AvgIpc) is 3.42. The molecule has 4 bridgehead atoms. The normalized spacial score (nSPS) is 32.6. The maximum Gasteiger partial charge on any atom is 0.242 e. The van der Waals surface area contributed by atoms with Crippen LogP contribution in [0.2, 0.25) is 0 Å². The van der Waals surface area contributed by atoms with Gasteiger partial charge in [0.2, 0.25) is 16.0 Å². The van der Waals surface area contributed by atoms with Gasteiger partial charge in [0.05, 0.1) is 12.9 Å². The fourth-order valence-corrected chi connectivity index (χ4v) is 7.44. The zero-order valence-corrected chi connectivity index (χ0v) is 18.3. The van der Waals surface area contributed by atoms with Crippen molar-refractivity contribution in [2.24, 2.45) is 23.2 Å². The molecule has 2 heterocycles. The van der Waals surface area contributed by atoms with Crippen LogP contribution >= 0.6 is 0 Å². The highest BCUT2D eigenvalue weighted by Crippen LogP contribution is 2.61. The van der Waals surface area contributed by atoms with E-state index in [0.29, 0.717) is 17.0 Å². The summed E-state index contributed by atoms with van der Waals surface area (Å²) in [4.78, 5) is 0. The van der Waals surface area contributed by atoms with Crippen molar-refractivity contribution in [1.29, 1.82) is 0 Å². The molecule has 30 heavy (non-hydrogen) atoms. The summed E-state index contributed by atoms with van der Waals surface area (Å²) in [5, 5.41) is 8.17. The lowest BCUT2D eigenvalue weighted by molar-refractivity contribution is -0.0623. The first-order valence-electron chi connectivity index (χ1n) is 11.4. The second-order valence-corrected chi connectivity index (χ2v) is 12.3. The van der Waals surface area contributed by atoms with Crippen LogP contribution in [0.25, 0.3) is 5.65 Å². The summed E-state index contributed by atoms with van der Waals surface area (Å²) in [6.07, 6.45) is 15.2. The van der Waals surface area contributed by atoms with Gasteiger partial charge in [-0.1, -0.05) is 0 Å². The molecule has 2 aromatic heterocycles. The van der Waals surface area contributed by atoms with E-state index in [0.717, 1.165) is 61.2 Å². The molecule has 0 aromatic carbocycles. The Morgan fingerprint density at radius 1 is 1.13 bits per heavy atom. The average molecular weight is 431 g/mol. The maximum atomic E-state index is 11.6. The van der Waals surface area contributed by atoms with Crippen LogP contribution in [-0.4, -0.2) is 35.9 Å². The van der Waals surface area contributed by atoms with E-state index < -0.39 is 10.0 Å². The van der Waals surface area contributed by atoms with Crippen LogP contribution in [0.15, 0.2) is 12.3 Å². The van der Waals surface area contributed by atoms with Crippen molar-refractivity contribution in [2.75, 3.05) is 17.6 Å². The second-order valence-electron chi connectivity index (χ2n) is 10.5. The number of hydrogen-bond donors (Lipinski definition) is 1. The van der Waals surface area contributed by atoms with E-state index in [9.17, 15) is 8.42 Å². The quantitative estimate of drug-likeness (QED) is 0.718. The van der Waals surface area contributed by atoms with Crippen molar-refractivity contribution >= 4 is 21.6 Å². The largest absolute Gasteiger partial charge is 0.493 e. The number of nitrogens with one attached hydrogen (secondary N) is 1. The number of rotatable bonds is 7. The van der Waals surface area contributed by atoms with Crippen molar-refractivity contribution in [3.8, 4) is 5.75 Å². The standard InChI is InChI=1S/C22H30N4O3S/c1-30(27,28)25-21-24-23-20-9-19(18(13-26(20)21)17-2-3-17)29-5-4-22-10-14-6-15(11-22)8-16(7-14)12-22/h9,13-17H,2-8,10-12H2,1H3,(H,24,25). The number of aromatic nitrogens is 3. The van der Waals surface area contributed by atoms with E-state index in [4.69, 9.17) is 4.74 Å². The first-order chi connectivity index (χ1) is 14.4. The number of pyridine rings is 1. The summed E-state index contributed by atoms with van der Waals surface area (Å²) in [5.74, 6) is 4.50. The highest BCUT2D eigenvalue weighted by atomic mass is 32.2. The lowest BCUT2D eigenvalue weighted by atomic mass is 9.49. The first kappa shape index (κ1) is 18.9. The Morgan fingerprint density at radius 3 is 2.40 bits per heavy atom. The molecule has 162 valence electrons. The fraction of sp³-hybridized carbons (Fsp3) is 0.727. The SMILES string of the molecule is CS(=O)(=O)Nc1nnc2cc(OCCC34CC5CC(CC(C5)C3)C4)c(C3CC3)cn12. The molecule has 5 aliphatic rings. The van der Waals surface area contributed by atoms with Gasteiger partial charge in [0.25, 0.3) is 0 Å². The number of nitrogens with zero attached hydrogens (tertiary/aromatic N) is 3. The molecule has 0 atom stereocenters. The zero-order valence-electron chi connectivity index (χ0n) is 17.5. The van der Waals surface area contributed by atoms with Crippen LogP contribution < -0.4 is 9.46 Å². The van der Waals surface area contributed by atoms with Crippen molar-refractivity contribution in [2.45, 2.75) is 63.7 Å². The molecule has 0 saturated heterocycles. The molecular formula is C22H30N4O3S. The van der Waals surface area contributed by atoms with Gasteiger partial charge in [0, 0.05) is 17.8 Å². The third kappa shape index (κ3) is 3.47. The van der Waals surface area contributed by atoms with Crippen molar-refractivity contribution in [3.05, 3.63) is 17.8 Å². The summed E-state index contributed by atoms with van der Waals surface area (Å²) >= 11 is 0. The third-order valence-corrected chi connectivity index (χ3v) is 8.44. The van der Waals surface area contributed by atoms with Crippen LogP contribution in [0.3, 0.4) is 0 Å². The Hall–Kier alpha value is -1.83. The highest BCUT2D eigenvalue weighted by Gasteiger charge is 2.50.